The molecule has 0 unspecified atom stereocenters. The lowest BCUT2D eigenvalue weighted by atomic mass is 10.2. The predicted octanol–water partition coefficient (Wildman–Crippen LogP) is 3.85. The largest absolute Gasteiger partial charge is 0.236 e. The normalized spacial score (nSPS) is 11.7. The second-order valence-electron chi connectivity index (χ2n) is 4.20. The molecule has 0 amide bonds. The van der Waals surface area contributed by atoms with Gasteiger partial charge in [-0.25, -0.2) is 4.98 Å². The summed E-state index contributed by atoms with van der Waals surface area (Å²) in [6.07, 6.45) is 1.74. The number of hydrogen-bond donors (Lipinski definition) is 0. The number of hydrogen-bond acceptors (Lipinski definition) is 3. The second-order valence-corrected chi connectivity index (χ2v) is 5.43. The molecule has 0 radical (unpaired) electrons. The molecule has 4 aromatic rings. The maximum atomic E-state index is 5.99. The van der Waals surface area contributed by atoms with E-state index in [1.807, 2.05) is 24.3 Å². The van der Waals surface area contributed by atoms with Crippen LogP contribution < -0.4 is 0 Å². The monoisotopic (exact) mass is 332 g/mol. The first-order valence-corrected chi connectivity index (χ1v) is 6.79. The van der Waals surface area contributed by atoms with E-state index in [0.29, 0.717) is 5.02 Å². The summed E-state index contributed by atoms with van der Waals surface area (Å²) >= 11 is 9.62. The van der Waals surface area contributed by atoms with Gasteiger partial charge in [-0.05, 0) is 46.3 Å². The fourth-order valence-corrected chi connectivity index (χ4v) is 3.12. The van der Waals surface area contributed by atoms with E-state index in [9.17, 15) is 0 Å². The lowest BCUT2D eigenvalue weighted by Gasteiger charge is -2.00. The number of halogens is 2. The van der Waals surface area contributed by atoms with Crippen molar-refractivity contribution in [3.63, 3.8) is 0 Å². The van der Waals surface area contributed by atoms with Crippen molar-refractivity contribution in [3.8, 4) is 0 Å². The Balaban J connectivity index is 2.33. The molecule has 1 aromatic carbocycles. The highest BCUT2D eigenvalue weighted by molar-refractivity contribution is 9.10. The molecule has 4 rings (SSSR count). The number of rotatable bonds is 0. The minimum absolute atomic E-state index is 0.650. The molecule has 4 nitrogen and oxygen atoms in total. The Labute approximate surface area is 121 Å². The van der Waals surface area contributed by atoms with Gasteiger partial charge in [0.2, 0.25) is 0 Å². The SMILES string of the molecule is Clc1ccc2c(c1)nnn1c3ncccc3c(Br)c21. The Morgan fingerprint density at radius 2 is 2.05 bits per heavy atom. The number of benzene rings is 1. The molecular weight excluding hydrogens is 328 g/mol. The maximum absolute atomic E-state index is 5.99. The first-order valence-electron chi connectivity index (χ1n) is 5.62. The van der Waals surface area contributed by atoms with Crippen LogP contribution in [0.2, 0.25) is 5.02 Å². The first kappa shape index (κ1) is 11.1. The summed E-state index contributed by atoms with van der Waals surface area (Å²) in [4.78, 5) is 4.36. The Bertz CT molecular complexity index is 947. The summed E-state index contributed by atoms with van der Waals surface area (Å²) < 4.78 is 2.72. The number of nitrogens with zero attached hydrogens (tertiary/aromatic N) is 4. The molecule has 3 aromatic heterocycles. The summed E-state index contributed by atoms with van der Waals surface area (Å²) in [5.41, 5.74) is 2.51. The Morgan fingerprint density at radius 3 is 2.95 bits per heavy atom. The summed E-state index contributed by atoms with van der Waals surface area (Å²) in [6, 6.07) is 9.51. The molecule has 3 heterocycles. The molecule has 0 aliphatic carbocycles. The van der Waals surface area contributed by atoms with Crippen molar-refractivity contribution in [2.45, 2.75) is 0 Å². The molecule has 0 spiro atoms. The first-order chi connectivity index (χ1) is 9.25. The molecule has 0 fully saturated rings. The van der Waals surface area contributed by atoms with Crippen LogP contribution in [0.5, 0.6) is 0 Å². The molecular formula is C13H6BrClN4. The molecule has 0 aliphatic heterocycles. The van der Waals surface area contributed by atoms with Crippen molar-refractivity contribution < 1.29 is 0 Å². The van der Waals surface area contributed by atoms with Crippen molar-refractivity contribution in [1.29, 1.82) is 0 Å². The van der Waals surface area contributed by atoms with E-state index >= 15 is 0 Å². The van der Waals surface area contributed by atoms with Gasteiger partial charge in [0.05, 0.1) is 15.5 Å². The Hall–Kier alpha value is -1.72. The Kier molecular flexibility index (Phi) is 2.28. The average molecular weight is 334 g/mol. The van der Waals surface area contributed by atoms with Crippen LogP contribution in [0.1, 0.15) is 0 Å². The fourth-order valence-electron chi connectivity index (χ4n) is 2.26. The molecule has 6 heteroatoms. The zero-order valence-corrected chi connectivity index (χ0v) is 11.9. The van der Waals surface area contributed by atoms with E-state index < -0.39 is 0 Å². The van der Waals surface area contributed by atoms with Gasteiger partial charge in [0.1, 0.15) is 0 Å². The van der Waals surface area contributed by atoms with Crippen LogP contribution >= 0.6 is 27.5 Å². The van der Waals surface area contributed by atoms with Crippen LogP contribution in [0.4, 0.5) is 0 Å². The zero-order chi connectivity index (χ0) is 13.0. The van der Waals surface area contributed by atoms with Gasteiger partial charge in [-0.3, -0.25) is 0 Å². The van der Waals surface area contributed by atoms with Gasteiger partial charge in [-0.2, -0.15) is 4.52 Å². The van der Waals surface area contributed by atoms with E-state index in [1.54, 1.807) is 16.8 Å². The van der Waals surface area contributed by atoms with Gasteiger partial charge >= 0.3 is 0 Å². The van der Waals surface area contributed by atoms with Crippen molar-refractivity contribution in [3.05, 3.63) is 46.0 Å². The molecule has 0 atom stereocenters. The van der Waals surface area contributed by atoms with Gasteiger partial charge in [0.25, 0.3) is 0 Å². The number of aromatic nitrogens is 4. The molecule has 0 saturated heterocycles. The smallest absolute Gasteiger partial charge is 0.164 e. The van der Waals surface area contributed by atoms with Crippen molar-refractivity contribution in [2.24, 2.45) is 0 Å². The highest BCUT2D eigenvalue weighted by Crippen LogP contribution is 2.33. The Morgan fingerprint density at radius 1 is 1.16 bits per heavy atom. The van der Waals surface area contributed by atoms with Crippen molar-refractivity contribution >= 4 is 55.0 Å². The molecule has 0 aliphatic rings. The van der Waals surface area contributed by atoms with Crippen LogP contribution in [-0.4, -0.2) is 19.8 Å². The van der Waals surface area contributed by atoms with Crippen molar-refractivity contribution in [2.75, 3.05) is 0 Å². The molecule has 0 N–H and O–H groups in total. The van der Waals surface area contributed by atoms with E-state index in [2.05, 4.69) is 31.2 Å². The van der Waals surface area contributed by atoms with Crippen LogP contribution in [0.15, 0.2) is 41.0 Å². The average Bonchev–Trinajstić information content (AvgIpc) is 2.73. The third-order valence-electron chi connectivity index (χ3n) is 3.10. The van der Waals surface area contributed by atoms with Crippen molar-refractivity contribution in [1.82, 2.24) is 19.8 Å². The maximum Gasteiger partial charge on any atom is 0.164 e. The lowest BCUT2D eigenvalue weighted by molar-refractivity contribution is 0.846. The standard InChI is InChI=1S/C13H6BrClN4/c14-11-9-2-1-5-16-13(9)19-12(11)8-4-3-7(15)6-10(8)17-18-19/h1-6H. The predicted molar refractivity (Wildman–Crippen MR) is 78.5 cm³/mol. The van der Waals surface area contributed by atoms with Crippen LogP contribution in [0, 0.1) is 0 Å². The van der Waals surface area contributed by atoms with Gasteiger partial charge in [0.15, 0.2) is 5.65 Å². The van der Waals surface area contributed by atoms with E-state index in [1.165, 1.54) is 0 Å². The zero-order valence-electron chi connectivity index (χ0n) is 9.51. The topological polar surface area (TPSA) is 43.1 Å². The summed E-state index contributed by atoms with van der Waals surface area (Å²) in [5, 5.41) is 11.1. The van der Waals surface area contributed by atoms with E-state index in [0.717, 1.165) is 31.9 Å². The number of fused-ring (bicyclic) bond motifs is 5. The third-order valence-corrected chi connectivity index (χ3v) is 4.14. The second kappa shape index (κ2) is 3.88. The minimum Gasteiger partial charge on any atom is -0.236 e. The lowest BCUT2D eigenvalue weighted by Crippen LogP contribution is -1.96. The van der Waals surface area contributed by atoms with E-state index in [4.69, 9.17) is 11.6 Å². The minimum atomic E-state index is 0.650. The fraction of sp³-hybridized carbons (Fsp3) is 0. The molecule has 0 bridgehead atoms. The van der Waals surface area contributed by atoms with Crippen LogP contribution in [0.3, 0.4) is 0 Å². The third kappa shape index (κ3) is 1.49. The number of pyridine rings is 1. The van der Waals surface area contributed by atoms with Gasteiger partial charge in [-0.1, -0.05) is 16.8 Å². The van der Waals surface area contributed by atoms with Crippen LogP contribution in [-0.2, 0) is 0 Å². The summed E-state index contributed by atoms with van der Waals surface area (Å²) in [6.45, 7) is 0. The summed E-state index contributed by atoms with van der Waals surface area (Å²) in [7, 11) is 0. The van der Waals surface area contributed by atoms with E-state index in [-0.39, 0.29) is 0 Å². The highest BCUT2D eigenvalue weighted by atomic mass is 79.9. The summed E-state index contributed by atoms with van der Waals surface area (Å²) in [5.74, 6) is 0. The molecule has 19 heavy (non-hydrogen) atoms. The quantitative estimate of drug-likeness (QED) is 0.491. The van der Waals surface area contributed by atoms with Crippen LogP contribution in [0.25, 0.3) is 27.5 Å². The highest BCUT2D eigenvalue weighted by Gasteiger charge is 2.14. The molecule has 0 saturated carbocycles. The van der Waals surface area contributed by atoms with Gasteiger partial charge in [-0.15, -0.1) is 5.10 Å². The molecule has 92 valence electrons. The van der Waals surface area contributed by atoms with Gasteiger partial charge < -0.3 is 0 Å². The van der Waals surface area contributed by atoms with Gasteiger partial charge in [0, 0.05) is 22.0 Å².